The van der Waals surface area contributed by atoms with Crippen LogP contribution in [-0.2, 0) is 9.84 Å². The van der Waals surface area contributed by atoms with Gasteiger partial charge in [0.2, 0.25) is 0 Å². The molecule has 2 unspecified atom stereocenters. The minimum Gasteiger partial charge on any atom is -0.312 e. The van der Waals surface area contributed by atoms with Gasteiger partial charge in [0.15, 0.2) is 9.84 Å². The Labute approximate surface area is 105 Å². The second-order valence-corrected chi connectivity index (χ2v) is 8.37. The number of nitrogens with one attached hydrogen (secondary N) is 1. The second-order valence-electron chi connectivity index (χ2n) is 5.97. The molecule has 0 spiro atoms. The van der Waals surface area contributed by atoms with E-state index in [2.05, 4.69) is 12.2 Å². The minimum absolute atomic E-state index is 0.0585. The van der Waals surface area contributed by atoms with Crippen LogP contribution in [0.15, 0.2) is 0 Å². The van der Waals surface area contributed by atoms with E-state index in [1.54, 1.807) is 0 Å². The zero-order chi connectivity index (χ0) is 12.4. The minimum atomic E-state index is -2.78. The quantitative estimate of drug-likeness (QED) is 0.845. The third-order valence-electron chi connectivity index (χ3n) is 4.44. The van der Waals surface area contributed by atoms with Crippen LogP contribution in [0.2, 0.25) is 0 Å². The number of hydrogen-bond donors (Lipinski definition) is 1. The van der Waals surface area contributed by atoms with Gasteiger partial charge in [0.1, 0.15) is 0 Å². The summed E-state index contributed by atoms with van der Waals surface area (Å²) in [5, 5.41) is 3.51. The van der Waals surface area contributed by atoms with E-state index in [0.717, 1.165) is 38.6 Å². The van der Waals surface area contributed by atoms with Crippen LogP contribution in [-0.4, -0.2) is 31.5 Å². The first-order valence-electron chi connectivity index (χ1n) is 6.98. The van der Waals surface area contributed by atoms with E-state index in [1.807, 2.05) is 0 Å². The van der Waals surface area contributed by atoms with Gasteiger partial charge in [-0.3, -0.25) is 0 Å². The van der Waals surface area contributed by atoms with Crippen LogP contribution in [0, 0.1) is 0 Å². The Kier molecular flexibility index (Phi) is 4.14. The summed E-state index contributed by atoms with van der Waals surface area (Å²) in [5.41, 5.74) is 0.186. The van der Waals surface area contributed by atoms with Crippen molar-refractivity contribution in [1.29, 1.82) is 0 Å². The van der Waals surface area contributed by atoms with Crippen molar-refractivity contribution >= 4 is 9.84 Å². The molecule has 0 aromatic carbocycles. The molecular formula is C13H25NO2S. The van der Waals surface area contributed by atoms with Crippen LogP contribution in [0.25, 0.3) is 0 Å². The van der Waals surface area contributed by atoms with Gasteiger partial charge in [-0.25, -0.2) is 8.42 Å². The Bertz CT molecular complexity index is 344. The Morgan fingerprint density at radius 1 is 1.24 bits per heavy atom. The highest BCUT2D eigenvalue weighted by atomic mass is 32.2. The lowest BCUT2D eigenvalue weighted by atomic mass is 9.86. The molecule has 2 atom stereocenters. The van der Waals surface area contributed by atoms with Crippen molar-refractivity contribution in [1.82, 2.24) is 5.32 Å². The normalized spacial score (nSPS) is 37.8. The van der Waals surface area contributed by atoms with Gasteiger partial charge in [0, 0.05) is 5.54 Å². The van der Waals surface area contributed by atoms with Crippen molar-refractivity contribution < 1.29 is 8.42 Å². The van der Waals surface area contributed by atoms with E-state index in [-0.39, 0.29) is 10.8 Å². The molecule has 2 aliphatic heterocycles. The summed E-state index contributed by atoms with van der Waals surface area (Å²) in [5.74, 6) is 0.418. The van der Waals surface area contributed by atoms with Crippen LogP contribution in [0.3, 0.4) is 0 Å². The summed E-state index contributed by atoms with van der Waals surface area (Å²) in [6.45, 7) is 3.34. The molecule has 1 N–H and O–H groups in total. The molecule has 0 aliphatic carbocycles. The third-order valence-corrected chi connectivity index (χ3v) is 6.78. The Morgan fingerprint density at radius 3 is 2.71 bits per heavy atom. The smallest absolute Gasteiger partial charge is 0.153 e. The van der Waals surface area contributed by atoms with Crippen molar-refractivity contribution in [3.8, 4) is 0 Å². The molecule has 0 amide bonds. The fourth-order valence-electron chi connectivity index (χ4n) is 3.16. The summed E-state index contributed by atoms with van der Waals surface area (Å²) in [6, 6.07) is 0. The van der Waals surface area contributed by atoms with Gasteiger partial charge in [-0.05, 0) is 52.0 Å². The van der Waals surface area contributed by atoms with Crippen molar-refractivity contribution in [2.45, 2.75) is 69.1 Å². The molecule has 4 heteroatoms. The molecule has 0 aromatic heterocycles. The Morgan fingerprint density at radius 2 is 2.06 bits per heavy atom. The van der Waals surface area contributed by atoms with Gasteiger partial charge in [-0.1, -0.05) is 12.8 Å². The van der Waals surface area contributed by atoms with Crippen LogP contribution in [0.4, 0.5) is 0 Å². The van der Waals surface area contributed by atoms with Crippen LogP contribution < -0.4 is 5.32 Å². The number of hydrogen-bond acceptors (Lipinski definition) is 3. The highest BCUT2D eigenvalue weighted by Gasteiger charge is 2.32. The molecule has 2 rings (SSSR count). The molecule has 2 heterocycles. The maximum atomic E-state index is 11.9. The molecule has 2 saturated heterocycles. The summed E-state index contributed by atoms with van der Waals surface area (Å²) in [4.78, 5) is 0. The van der Waals surface area contributed by atoms with E-state index in [4.69, 9.17) is 0 Å². The highest BCUT2D eigenvalue weighted by molar-refractivity contribution is 7.92. The van der Waals surface area contributed by atoms with Gasteiger partial charge in [0.05, 0.1) is 11.0 Å². The lowest BCUT2D eigenvalue weighted by Crippen LogP contribution is -2.46. The van der Waals surface area contributed by atoms with E-state index >= 15 is 0 Å². The molecule has 100 valence electrons. The first-order valence-corrected chi connectivity index (χ1v) is 8.70. The first-order chi connectivity index (χ1) is 8.02. The first kappa shape index (κ1) is 13.3. The maximum Gasteiger partial charge on any atom is 0.153 e. The summed E-state index contributed by atoms with van der Waals surface area (Å²) in [7, 11) is -2.78. The van der Waals surface area contributed by atoms with Gasteiger partial charge < -0.3 is 5.32 Å². The fraction of sp³-hybridized carbons (Fsp3) is 1.00. The molecule has 0 saturated carbocycles. The number of sulfone groups is 1. The Balaban J connectivity index is 1.88. The molecule has 2 aliphatic rings. The molecule has 0 bridgehead atoms. The average Bonchev–Trinajstić information content (AvgIpc) is 2.28. The van der Waals surface area contributed by atoms with E-state index in [9.17, 15) is 8.42 Å². The van der Waals surface area contributed by atoms with E-state index < -0.39 is 9.84 Å². The van der Waals surface area contributed by atoms with Gasteiger partial charge in [0.25, 0.3) is 0 Å². The summed E-state index contributed by atoms with van der Waals surface area (Å²) >= 11 is 0. The monoisotopic (exact) mass is 259 g/mol. The fourth-order valence-corrected chi connectivity index (χ4v) is 5.10. The SMILES string of the molecule is CC1(CCC2CCCCS2(=O)=O)CCCCN1. The molecule has 2 fully saturated rings. The molecular weight excluding hydrogens is 234 g/mol. The lowest BCUT2D eigenvalue weighted by molar-refractivity contribution is 0.253. The van der Waals surface area contributed by atoms with Gasteiger partial charge in [-0.15, -0.1) is 0 Å². The second kappa shape index (κ2) is 5.27. The highest BCUT2D eigenvalue weighted by Crippen LogP contribution is 2.29. The van der Waals surface area contributed by atoms with Crippen molar-refractivity contribution in [3.63, 3.8) is 0 Å². The van der Waals surface area contributed by atoms with Crippen LogP contribution >= 0.6 is 0 Å². The van der Waals surface area contributed by atoms with Crippen molar-refractivity contribution in [2.75, 3.05) is 12.3 Å². The summed E-state index contributed by atoms with van der Waals surface area (Å²) < 4.78 is 23.9. The molecule has 17 heavy (non-hydrogen) atoms. The van der Waals surface area contributed by atoms with Crippen LogP contribution in [0.1, 0.15) is 58.3 Å². The Hall–Kier alpha value is -0.0900. The topological polar surface area (TPSA) is 46.2 Å². The molecule has 0 aromatic rings. The average molecular weight is 259 g/mol. The third kappa shape index (κ3) is 3.44. The van der Waals surface area contributed by atoms with Crippen LogP contribution in [0.5, 0.6) is 0 Å². The predicted molar refractivity (Wildman–Crippen MR) is 70.9 cm³/mol. The predicted octanol–water partition coefficient (Wildman–Crippen LogP) is 2.27. The van der Waals surface area contributed by atoms with E-state index in [0.29, 0.717) is 5.75 Å². The summed E-state index contributed by atoms with van der Waals surface area (Å²) in [6.07, 6.45) is 8.45. The largest absolute Gasteiger partial charge is 0.312 e. The van der Waals surface area contributed by atoms with Crippen molar-refractivity contribution in [2.24, 2.45) is 0 Å². The molecule has 3 nitrogen and oxygen atoms in total. The lowest BCUT2D eigenvalue weighted by Gasteiger charge is -2.36. The maximum absolute atomic E-state index is 11.9. The zero-order valence-corrected chi connectivity index (χ0v) is 11.7. The van der Waals surface area contributed by atoms with Crippen molar-refractivity contribution in [3.05, 3.63) is 0 Å². The number of piperidine rings is 1. The zero-order valence-electron chi connectivity index (χ0n) is 10.9. The van der Waals surface area contributed by atoms with Gasteiger partial charge in [-0.2, -0.15) is 0 Å². The van der Waals surface area contributed by atoms with Gasteiger partial charge >= 0.3 is 0 Å². The standard InChI is InChI=1S/C13H25NO2S/c1-13(8-3-4-10-14-13)9-7-12-6-2-5-11-17(12,15)16/h12,14H,2-11H2,1H3. The molecule has 0 radical (unpaired) electrons. The number of rotatable bonds is 3. The van der Waals surface area contributed by atoms with E-state index in [1.165, 1.54) is 19.3 Å².